The summed E-state index contributed by atoms with van der Waals surface area (Å²) in [4.78, 5) is 13.1. The number of carbonyl (C=O) groups excluding carboxylic acids is 1. The van der Waals surface area contributed by atoms with Gasteiger partial charge in [0.2, 0.25) is 0 Å². The van der Waals surface area contributed by atoms with E-state index in [1.54, 1.807) is 6.92 Å². The number of rotatable bonds is 5. The summed E-state index contributed by atoms with van der Waals surface area (Å²) in [5.41, 5.74) is 0.448. The lowest BCUT2D eigenvalue weighted by Crippen LogP contribution is -2.36. The molecule has 16 heavy (non-hydrogen) atoms. The number of aryl methyl sites for hydroxylation is 1. The van der Waals surface area contributed by atoms with E-state index in [0.29, 0.717) is 5.69 Å². The van der Waals surface area contributed by atoms with Crippen LogP contribution in [-0.2, 0) is 0 Å². The van der Waals surface area contributed by atoms with Crippen LogP contribution in [0, 0.1) is 6.92 Å². The van der Waals surface area contributed by atoms with Crippen molar-refractivity contribution in [2.75, 3.05) is 19.0 Å². The molecular formula is C8H10ClF2N3OS. The van der Waals surface area contributed by atoms with E-state index in [9.17, 15) is 13.6 Å². The third kappa shape index (κ3) is 3.34. The van der Waals surface area contributed by atoms with Gasteiger partial charge in [-0.15, -0.1) is 16.7 Å². The minimum Gasteiger partial charge on any atom is -0.331 e. The van der Waals surface area contributed by atoms with Crippen molar-refractivity contribution < 1.29 is 13.6 Å². The molecule has 4 nitrogen and oxygen atoms in total. The third-order valence-electron chi connectivity index (χ3n) is 1.85. The van der Waals surface area contributed by atoms with E-state index in [-0.39, 0.29) is 17.3 Å². The SMILES string of the molecule is Cc1nnsc1C(=O)N(CCCl)CC(F)F. The fourth-order valence-electron chi connectivity index (χ4n) is 1.12. The predicted octanol–water partition coefficient (Wildman–Crippen LogP) is 1.79. The molecule has 0 aromatic carbocycles. The Morgan fingerprint density at radius 3 is 2.75 bits per heavy atom. The van der Waals surface area contributed by atoms with Gasteiger partial charge in [0.15, 0.2) is 0 Å². The summed E-state index contributed by atoms with van der Waals surface area (Å²) < 4.78 is 28.1. The number of carbonyl (C=O) groups is 1. The summed E-state index contributed by atoms with van der Waals surface area (Å²) in [6.45, 7) is 1.07. The molecule has 0 saturated carbocycles. The highest BCUT2D eigenvalue weighted by atomic mass is 35.5. The van der Waals surface area contributed by atoms with Gasteiger partial charge >= 0.3 is 0 Å². The molecule has 1 amide bonds. The van der Waals surface area contributed by atoms with E-state index in [2.05, 4.69) is 9.59 Å². The summed E-state index contributed by atoms with van der Waals surface area (Å²) >= 11 is 6.36. The molecule has 8 heteroatoms. The van der Waals surface area contributed by atoms with E-state index in [1.165, 1.54) is 0 Å². The summed E-state index contributed by atoms with van der Waals surface area (Å²) in [7, 11) is 0. The van der Waals surface area contributed by atoms with Gasteiger partial charge in [0.05, 0.1) is 12.2 Å². The fraction of sp³-hybridized carbons (Fsp3) is 0.625. The second kappa shape index (κ2) is 6.05. The van der Waals surface area contributed by atoms with Gasteiger partial charge in [0.25, 0.3) is 12.3 Å². The Kier molecular flexibility index (Phi) is 5.01. The Balaban J connectivity index is 2.78. The van der Waals surface area contributed by atoms with Gasteiger partial charge in [-0.3, -0.25) is 4.79 Å². The van der Waals surface area contributed by atoms with Crippen molar-refractivity contribution in [1.82, 2.24) is 14.5 Å². The van der Waals surface area contributed by atoms with E-state index in [4.69, 9.17) is 11.6 Å². The minimum atomic E-state index is -2.58. The predicted molar refractivity (Wildman–Crippen MR) is 57.3 cm³/mol. The highest BCUT2D eigenvalue weighted by Crippen LogP contribution is 2.13. The van der Waals surface area contributed by atoms with Crippen LogP contribution in [0.25, 0.3) is 0 Å². The van der Waals surface area contributed by atoms with Gasteiger partial charge in [-0.25, -0.2) is 8.78 Å². The van der Waals surface area contributed by atoms with Crippen LogP contribution in [0.2, 0.25) is 0 Å². The van der Waals surface area contributed by atoms with Crippen molar-refractivity contribution in [1.29, 1.82) is 0 Å². The standard InChI is InChI=1S/C8H10ClF2N3OS/c1-5-7(16-13-12-5)8(15)14(3-2-9)4-6(10)11/h6H,2-4H2,1H3. The maximum Gasteiger partial charge on any atom is 0.267 e. The summed E-state index contributed by atoms with van der Waals surface area (Å²) in [5.74, 6) is -0.377. The van der Waals surface area contributed by atoms with Gasteiger partial charge in [-0.1, -0.05) is 4.49 Å². The summed E-state index contributed by atoms with van der Waals surface area (Å²) in [6.07, 6.45) is -2.58. The molecule has 0 saturated heterocycles. The zero-order valence-corrected chi connectivity index (χ0v) is 10.1. The number of nitrogens with zero attached hydrogens (tertiary/aromatic N) is 3. The van der Waals surface area contributed by atoms with Crippen molar-refractivity contribution >= 4 is 29.0 Å². The average Bonchev–Trinajstić information content (AvgIpc) is 2.62. The fourth-order valence-corrected chi connectivity index (χ4v) is 1.94. The lowest BCUT2D eigenvalue weighted by Gasteiger charge is -2.20. The molecule has 0 fully saturated rings. The molecule has 90 valence electrons. The Hall–Kier alpha value is -0.820. The first-order valence-corrected chi connectivity index (χ1v) is 5.79. The number of aromatic nitrogens is 2. The maximum atomic E-state index is 12.2. The minimum absolute atomic E-state index is 0.0854. The van der Waals surface area contributed by atoms with Crippen LogP contribution in [0.1, 0.15) is 15.4 Å². The van der Waals surface area contributed by atoms with Crippen LogP contribution in [0.15, 0.2) is 0 Å². The Morgan fingerprint density at radius 1 is 1.62 bits per heavy atom. The van der Waals surface area contributed by atoms with E-state index < -0.39 is 18.9 Å². The normalized spacial score (nSPS) is 10.8. The summed E-state index contributed by atoms with van der Waals surface area (Å²) in [6, 6.07) is 0. The molecule has 0 unspecified atom stereocenters. The van der Waals surface area contributed by atoms with Crippen molar-refractivity contribution in [3.05, 3.63) is 10.6 Å². The molecule has 0 radical (unpaired) electrons. The molecule has 0 aliphatic rings. The highest BCUT2D eigenvalue weighted by Gasteiger charge is 2.22. The van der Waals surface area contributed by atoms with Crippen LogP contribution < -0.4 is 0 Å². The first-order valence-electron chi connectivity index (χ1n) is 4.48. The maximum absolute atomic E-state index is 12.2. The molecular weight excluding hydrogens is 260 g/mol. The second-order valence-corrected chi connectivity index (χ2v) is 4.15. The quantitative estimate of drug-likeness (QED) is 0.766. The zero-order valence-electron chi connectivity index (χ0n) is 8.49. The van der Waals surface area contributed by atoms with Gasteiger partial charge in [-0.2, -0.15) is 0 Å². The van der Waals surface area contributed by atoms with Crippen LogP contribution in [0.3, 0.4) is 0 Å². The lowest BCUT2D eigenvalue weighted by atomic mass is 10.3. The number of halogens is 3. The molecule has 1 aromatic heterocycles. The largest absolute Gasteiger partial charge is 0.331 e. The van der Waals surface area contributed by atoms with Gasteiger partial charge in [0, 0.05) is 12.4 Å². The molecule has 0 spiro atoms. The number of alkyl halides is 3. The Morgan fingerprint density at radius 2 is 2.31 bits per heavy atom. The highest BCUT2D eigenvalue weighted by molar-refractivity contribution is 7.07. The molecule has 1 heterocycles. The van der Waals surface area contributed by atoms with Gasteiger partial charge in [0.1, 0.15) is 4.88 Å². The van der Waals surface area contributed by atoms with Crippen molar-refractivity contribution in [3.63, 3.8) is 0 Å². The van der Waals surface area contributed by atoms with Gasteiger partial charge in [-0.05, 0) is 18.5 Å². The average molecular weight is 270 g/mol. The molecule has 0 bridgehead atoms. The number of amides is 1. The Bertz CT molecular complexity index is 361. The zero-order chi connectivity index (χ0) is 12.1. The lowest BCUT2D eigenvalue weighted by molar-refractivity contribution is 0.0574. The van der Waals surface area contributed by atoms with Crippen molar-refractivity contribution in [3.8, 4) is 0 Å². The van der Waals surface area contributed by atoms with E-state index in [0.717, 1.165) is 16.4 Å². The molecule has 0 atom stereocenters. The van der Waals surface area contributed by atoms with Crippen LogP contribution in [-0.4, -0.2) is 45.8 Å². The van der Waals surface area contributed by atoms with Crippen LogP contribution in [0.4, 0.5) is 8.78 Å². The number of hydrogen-bond donors (Lipinski definition) is 0. The third-order valence-corrected chi connectivity index (χ3v) is 2.83. The van der Waals surface area contributed by atoms with Crippen LogP contribution in [0.5, 0.6) is 0 Å². The molecule has 0 aliphatic carbocycles. The summed E-state index contributed by atoms with van der Waals surface area (Å²) in [5, 5.41) is 3.66. The smallest absolute Gasteiger partial charge is 0.267 e. The van der Waals surface area contributed by atoms with Crippen molar-refractivity contribution in [2.24, 2.45) is 0 Å². The van der Waals surface area contributed by atoms with E-state index >= 15 is 0 Å². The topological polar surface area (TPSA) is 46.1 Å². The molecule has 1 rings (SSSR count). The molecule has 0 aliphatic heterocycles. The van der Waals surface area contributed by atoms with Crippen LogP contribution >= 0.6 is 23.1 Å². The van der Waals surface area contributed by atoms with E-state index in [1.807, 2.05) is 0 Å². The number of hydrogen-bond acceptors (Lipinski definition) is 4. The second-order valence-electron chi connectivity index (χ2n) is 3.02. The molecule has 0 N–H and O–H groups in total. The first kappa shape index (κ1) is 13.2. The molecule has 1 aromatic rings. The van der Waals surface area contributed by atoms with Crippen molar-refractivity contribution in [2.45, 2.75) is 13.3 Å². The monoisotopic (exact) mass is 269 g/mol. The van der Waals surface area contributed by atoms with Gasteiger partial charge < -0.3 is 4.90 Å². The first-order chi connectivity index (χ1) is 7.56. The Labute approximate surface area is 100 Å².